The number of nitrogens with two attached hydrogens (primary N) is 1. The highest BCUT2D eigenvalue weighted by Crippen LogP contribution is 2.48. The van der Waals surface area contributed by atoms with Crippen molar-refractivity contribution < 1.29 is 23.5 Å². The summed E-state index contributed by atoms with van der Waals surface area (Å²) in [4.78, 5) is 35.2. The molecule has 1 aliphatic carbocycles. The molecule has 2 aliphatic rings. The van der Waals surface area contributed by atoms with Gasteiger partial charge in [-0.05, 0) is 68.1 Å². The molecule has 2 atom stereocenters. The molecule has 0 bridgehead atoms. The van der Waals surface area contributed by atoms with Crippen LogP contribution in [0.4, 0.5) is 4.39 Å². The van der Waals surface area contributed by atoms with Gasteiger partial charge in [-0.3, -0.25) is 14.6 Å². The quantitative estimate of drug-likeness (QED) is 0.261. The zero-order valence-electron chi connectivity index (χ0n) is 22.8. The lowest BCUT2D eigenvalue weighted by Gasteiger charge is -2.22. The van der Waals surface area contributed by atoms with Crippen molar-refractivity contribution in [3.05, 3.63) is 81.3 Å². The number of nitrogens with one attached hydrogen (secondary N) is 1. The van der Waals surface area contributed by atoms with Crippen molar-refractivity contribution in [2.75, 3.05) is 20.3 Å². The average molecular weight is 609 g/mol. The van der Waals surface area contributed by atoms with Crippen molar-refractivity contribution >= 4 is 45.9 Å². The fraction of sp³-hybridized carbons (Fsp3) is 0.290. The van der Waals surface area contributed by atoms with Crippen LogP contribution in [0, 0.1) is 11.7 Å². The number of primary amides is 1. The molecule has 8 nitrogen and oxygen atoms in total. The van der Waals surface area contributed by atoms with E-state index in [1.54, 1.807) is 31.2 Å². The molecule has 2 aromatic carbocycles. The lowest BCUT2D eigenvalue weighted by molar-refractivity contribution is -0.123. The number of ether oxygens (including phenoxy) is 2. The highest BCUT2D eigenvalue weighted by molar-refractivity contribution is 6.31. The van der Waals surface area contributed by atoms with Crippen molar-refractivity contribution in [1.29, 1.82) is 0 Å². The first-order valence-electron chi connectivity index (χ1n) is 13.4. The Bertz CT molecular complexity index is 1760. The third kappa shape index (κ3) is 5.01. The Hall–Kier alpha value is -3.95. The summed E-state index contributed by atoms with van der Waals surface area (Å²) in [5, 5.41) is 4.13. The molecule has 11 heteroatoms. The molecule has 1 saturated carbocycles. The molecule has 0 saturated heterocycles. The van der Waals surface area contributed by atoms with E-state index in [0.717, 1.165) is 12.8 Å². The first-order valence-corrected chi connectivity index (χ1v) is 14.2. The zero-order valence-corrected chi connectivity index (χ0v) is 24.4. The third-order valence-electron chi connectivity index (χ3n) is 8.08. The largest absolute Gasteiger partial charge is 0.494 e. The monoisotopic (exact) mass is 608 g/mol. The number of benzene rings is 2. The Labute approximate surface area is 251 Å². The van der Waals surface area contributed by atoms with Gasteiger partial charge in [-0.25, -0.2) is 9.37 Å². The third-order valence-corrected chi connectivity index (χ3v) is 8.58. The van der Waals surface area contributed by atoms with E-state index in [9.17, 15) is 14.0 Å². The van der Waals surface area contributed by atoms with Gasteiger partial charge in [0.2, 0.25) is 5.91 Å². The summed E-state index contributed by atoms with van der Waals surface area (Å²) >= 11 is 12.2. The summed E-state index contributed by atoms with van der Waals surface area (Å²) in [6.45, 7) is 2.08. The number of hydrogen-bond acceptors (Lipinski definition) is 6. The molecule has 42 heavy (non-hydrogen) atoms. The van der Waals surface area contributed by atoms with Crippen molar-refractivity contribution in [3.63, 3.8) is 0 Å². The maximum Gasteiger partial charge on any atom is 0.251 e. The highest BCUT2D eigenvalue weighted by Gasteiger charge is 2.45. The smallest absolute Gasteiger partial charge is 0.251 e. The molecule has 4 aromatic rings. The number of hydrogen-bond donors (Lipinski definition) is 2. The first kappa shape index (κ1) is 28.2. The number of methoxy groups -OCH3 is 1. The summed E-state index contributed by atoms with van der Waals surface area (Å²) in [7, 11) is 1.52. The predicted octanol–water partition coefficient (Wildman–Crippen LogP) is 5.81. The molecule has 0 spiro atoms. The number of fused-ring (bicyclic) bond motifs is 2. The number of amides is 2. The van der Waals surface area contributed by atoms with Gasteiger partial charge in [0.1, 0.15) is 40.5 Å². The van der Waals surface area contributed by atoms with E-state index in [0.29, 0.717) is 62.0 Å². The molecular weight excluding hydrogens is 582 g/mol. The molecule has 3 heterocycles. The molecule has 2 amide bonds. The Kier molecular flexibility index (Phi) is 7.19. The Morgan fingerprint density at radius 3 is 2.69 bits per heavy atom. The van der Waals surface area contributed by atoms with Crippen molar-refractivity contribution in [3.8, 4) is 22.8 Å². The average Bonchev–Trinajstić information content (AvgIpc) is 3.75. The van der Waals surface area contributed by atoms with Crippen molar-refractivity contribution in [1.82, 2.24) is 15.3 Å². The minimum Gasteiger partial charge on any atom is -0.494 e. The summed E-state index contributed by atoms with van der Waals surface area (Å²) in [5.74, 6) is -0.395. The van der Waals surface area contributed by atoms with E-state index in [4.69, 9.17) is 43.4 Å². The summed E-state index contributed by atoms with van der Waals surface area (Å²) in [6.07, 6.45) is 3.46. The molecule has 2 aromatic heterocycles. The number of carbonyl (C=O) groups is 2. The zero-order chi connectivity index (χ0) is 29.8. The van der Waals surface area contributed by atoms with Crippen molar-refractivity contribution in [2.24, 2.45) is 11.7 Å². The molecule has 0 radical (unpaired) electrons. The number of rotatable bonds is 8. The number of halogens is 3. The van der Waals surface area contributed by atoms with E-state index in [2.05, 4.69) is 10.3 Å². The van der Waals surface area contributed by atoms with Crippen LogP contribution < -0.4 is 20.5 Å². The van der Waals surface area contributed by atoms with E-state index < -0.39 is 17.1 Å². The van der Waals surface area contributed by atoms with Crippen LogP contribution in [0.25, 0.3) is 22.2 Å². The Morgan fingerprint density at radius 1 is 1.21 bits per heavy atom. The van der Waals surface area contributed by atoms with Gasteiger partial charge in [0.15, 0.2) is 0 Å². The van der Waals surface area contributed by atoms with Crippen LogP contribution in [0.3, 0.4) is 0 Å². The maximum absolute atomic E-state index is 14.0. The first-order chi connectivity index (χ1) is 20.1. The number of pyridine rings is 2. The summed E-state index contributed by atoms with van der Waals surface area (Å²) in [6, 6.07) is 11.3. The van der Waals surface area contributed by atoms with Gasteiger partial charge in [-0.15, -0.1) is 0 Å². The lowest BCUT2D eigenvalue weighted by atomic mass is 9.82. The van der Waals surface area contributed by atoms with Gasteiger partial charge in [0.25, 0.3) is 5.91 Å². The minimum atomic E-state index is -1.08. The van der Waals surface area contributed by atoms with Gasteiger partial charge >= 0.3 is 0 Å². The predicted molar refractivity (Wildman–Crippen MR) is 158 cm³/mol. The highest BCUT2D eigenvalue weighted by atomic mass is 35.5. The SMILES string of the molecule is COc1cc(C(=O)NC[C@H](c2cc3c(c(-c4ccc(F)c(Cl)c4)n2)OC[C@]3(C)C(N)=O)C2CC2)cc2cc(Cl)cnc12. The fourth-order valence-electron chi connectivity index (χ4n) is 5.43. The lowest BCUT2D eigenvalue weighted by Crippen LogP contribution is -2.40. The molecule has 216 valence electrons. The Balaban J connectivity index is 1.37. The van der Waals surface area contributed by atoms with E-state index in [1.165, 1.54) is 25.4 Å². The molecule has 1 aliphatic heterocycles. The minimum absolute atomic E-state index is 0.0538. The van der Waals surface area contributed by atoms with Gasteiger partial charge in [-0.2, -0.15) is 0 Å². The second-order valence-corrected chi connectivity index (χ2v) is 11.8. The number of carbonyl (C=O) groups excluding carboxylic acids is 2. The summed E-state index contributed by atoms with van der Waals surface area (Å²) < 4.78 is 25.4. The van der Waals surface area contributed by atoms with E-state index in [1.807, 2.05) is 6.07 Å². The van der Waals surface area contributed by atoms with Gasteiger partial charge < -0.3 is 20.5 Å². The second kappa shape index (κ2) is 10.7. The van der Waals surface area contributed by atoms with E-state index >= 15 is 0 Å². The van der Waals surface area contributed by atoms with Crippen LogP contribution in [0.15, 0.2) is 48.7 Å². The maximum atomic E-state index is 14.0. The van der Waals surface area contributed by atoms with Gasteiger partial charge in [0, 0.05) is 46.4 Å². The van der Waals surface area contributed by atoms with E-state index in [-0.39, 0.29) is 29.4 Å². The molecule has 6 rings (SSSR count). The molecule has 3 N–H and O–H groups in total. The Morgan fingerprint density at radius 2 is 2.00 bits per heavy atom. The van der Waals surface area contributed by atoms with Crippen LogP contribution in [-0.4, -0.2) is 42.0 Å². The molecular formula is C31H27Cl2FN4O4. The number of aromatic nitrogens is 2. The molecule has 0 unspecified atom stereocenters. The van der Waals surface area contributed by atoms with Gasteiger partial charge in [0.05, 0.1) is 17.2 Å². The van der Waals surface area contributed by atoms with Crippen LogP contribution >= 0.6 is 23.2 Å². The number of nitrogens with zero attached hydrogens (tertiary/aromatic N) is 2. The van der Waals surface area contributed by atoms with Gasteiger partial charge in [-0.1, -0.05) is 23.2 Å². The molecule has 1 fully saturated rings. The van der Waals surface area contributed by atoms with Crippen LogP contribution in [0.5, 0.6) is 11.5 Å². The summed E-state index contributed by atoms with van der Waals surface area (Å²) in [5.41, 5.74) is 8.01. The van der Waals surface area contributed by atoms with Crippen LogP contribution in [0.2, 0.25) is 10.0 Å². The standard InChI is InChI=1S/C31H27Cl2FN4O4/c1-31(30(35)40)14-42-28-21(31)11-24(38-27(28)16-5-6-23(34)22(33)9-16)20(15-3-4-15)13-37-29(39)18-7-17-8-19(32)12-36-26(17)25(10-18)41-2/h5-12,15,20H,3-4,13-14H2,1-2H3,(H2,35,40)(H,37,39)/t20-,31-/m0/s1. The topological polar surface area (TPSA) is 116 Å². The normalized spacial score (nSPS) is 18.3. The second-order valence-electron chi connectivity index (χ2n) is 10.9. The fourth-order valence-corrected chi connectivity index (χ4v) is 5.78. The van der Waals surface area contributed by atoms with Crippen molar-refractivity contribution in [2.45, 2.75) is 31.1 Å². The van der Waals surface area contributed by atoms with Crippen LogP contribution in [-0.2, 0) is 10.2 Å². The van der Waals surface area contributed by atoms with Crippen LogP contribution in [0.1, 0.15) is 47.3 Å².